The monoisotopic (exact) mass is 237 g/mol. The molecule has 1 rings (SSSR count). The van der Waals surface area contributed by atoms with Crippen molar-refractivity contribution in [3.63, 3.8) is 0 Å². The Kier molecular flexibility index (Phi) is 4.72. The number of anilines is 1. The van der Waals surface area contributed by atoms with Crippen LogP contribution in [0.2, 0.25) is 0 Å². The predicted molar refractivity (Wildman–Crippen MR) is 69.5 cm³/mol. The van der Waals surface area contributed by atoms with Gasteiger partial charge in [0, 0.05) is 12.7 Å². The molecule has 0 heterocycles. The average Bonchev–Trinajstić information content (AvgIpc) is 2.29. The van der Waals surface area contributed by atoms with Crippen LogP contribution in [0.1, 0.15) is 5.56 Å². The highest BCUT2D eigenvalue weighted by Gasteiger charge is 2.00. The van der Waals surface area contributed by atoms with Gasteiger partial charge in [-0.05, 0) is 31.3 Å². The van der Waals surface area contributed by atoms with Gasteiger partial charge in [-0.2, -0.15) is 0 Å². The number of rotatable bonds is 3. The Morgan fingerprint density at radius 1 is 1.31 bits per heavy atom. The molecule has 0 aromatic heterocycles. The van der Waals surface area contributed by atoms with Crippen molar-refractivity contribution < 1.29 is 4.79 Å². The molecule has 0 saturated heterocycles. The van der Waals surface area contributed by atoms with E-state index in [-0.39, 0.29) is 12.5 Å². The summed E-state index contributed by atoms with van der Waals surface area (Å²) in [6, 6.07) is 7.85. The molecule has 3 N–H and O–H groups in total. The fourth-order valence-electron chi connectivity index (χ4n) is 1.06. The molecule has 0 atom stereocenters. The van der Waals surface area contributed by atoms with E-state index < -0.39 is 0 Å². The second-order valence-corrected chi connectivity index (χ2v) is 3.76. The third kappa shape index (κ3) is 4.27. The number of aryl methyl sites for hydroxylation is 1. The van der Waals surface area contributed by atoms with Crippen LogP contribution < -0.4 is 16.0 Å². The molecule has 0 fully saturated rings. The number of carbonyl (C=O) groups excluding carboxylic acids is 1. The normalized spacial score (nSPS) is 9.38. The molecule has 86 valence electrons. The SMILES string of the molecule is CNC(=O)CNC(=S)Nc1ccc(C)cc1. The maximum atomic E-state index is 11.0. The van der Waals surface area contributed by atoms with Crippen LogP contribution in [0.4, 0.5) is 5.69 Å². The first-order valence-electron chi connectivity index (χ1n) is 4.94. The number of carbonyl (C=O) groups is 1. The number of nitrogens with one attached hydrogen (secondary N) is 3. The van der Waals surface area contributed by atoms with Gasteiger partial charge in [0.1, 0.15) is 0 Å². The van der Waals surface area contributed by atoms with Gasteiger partial charge in [0.15, 0.2) is 5.11 Å². The third-order valence-electron chi connectivity index (χ3n) is 2.00. The van der Waals surface area contributed by atoms with Gasteiger partial charge in [-0.1, -0.05) is 17.7 Å². The minimum Gasteiger partial charge on any atom is -0.358 e. The molecule has 0 radical (unpaired) electrons. The molecule has 0 spiro atoms. The fraction of sp³-hybridized carbons (Fsp3) is 0.273. The quantitative estimate of drug-likeness (QED) is 0.687. The Bertz CT molecular complexity index is 375. The summed E-state index contributed by atoms with van der Waals surface area (Å²) < 4.78 is 0. The summed E-state index contributed by atoms with van der Waals surface area (Å²) in [6.07, 6.45) is 0. The zero-order chi connectivity index (χ0) is 12.0. The second kappa shape index (κ2) is 6.07. The average molecular weight is 237 g/mol. The summed E-state index contributed by atoms with van der Waals surface area (Å²) in [5.74, 6) is -0.104. The van der Waals surface area contributed by atoms with Crippen molar-refractivity contribution in [1.29, 1.82) is 0 Å². The van der Waals surface area contributed by atoms with E-state index in [1.807, 2.05) is 31.2 Å². The van der Waals surface area contributed by atoms with Gasteiger partial charge >= 0.3 is 0 Å². The largest absolute Gasteiger partial charge is 0.358 e. The van der Waals surface area contributed by atoms with Gasteiger partial charge in [-0.25, -0.2) is 0 Å². The van der Waals surface area contributed by atoms with Crippen LogP contribution in [0.15, 0.2) is 24.3 Å². The lowest BCUT2D eigenvalue weighted by Gasteiger charge is -2.09. The molecule has 0 unspecified atom stereocenters. The standard InChI is InChI=1S/C11H15N3OS/c1-8-3-5-9(6-4-8)14-11(16)13-7-10(15)12-2/h3-6H,7H2,1-2H3,(H,12,15)(H2,13,14,16). The summed E-state index contributed by atoms with van der Waals surface area (Å²) in [4.78, 5) is 11.0. The molecule has 0 aliphatic carbocycles. The lowest BCUT2D eigenvalue weighted by atomic mass is 10.2. The summed E-state index contributed by atoms with van der Waals surface area (Å²) >= 11 is 5.03. The highest BCUT2D eigenvalue weighted by molar-refractivity contribution is 7.80. The molecular formula is C11H15N3OS. The van der Waals surface area contributed by atoms with Crippen molar-refractivity contribution in [2.75, 3.05) is 18.9 Å². The van der Waals surface area contributed by atoms with E-state index in [9.17, 15) is 4.79 Å². The van der Waals surface area contributed by atoms with Gasteiger partial charge in [0.05, 0.1) is 6.54 Å². The Balaban J connectivity index is 2.40. The number of amides is 1. The van der Waals surface area contributed by atoms with Crippen LogP contribution >= 0.6 is 12.2 Å². The number of hydrogen-bond acceptors (Lipinski definition) is 2. The maximum absolute atomic E-state index is 11.0. The number of hydrogen-bond donors (Lipinski definition) is 3. The molecule has 1 aromatic carbocycles. The van der Waals surface area contributed by atoms with E-state index in [0.717, 1.165) is 5.69 Å². The number of likely N-dealkylation sites (N-methyl/N-ethyl adjacent to an activating group) is 1. The lowest BCUT2D eigenvalue weighted by Crippen LogP contribution is -2.37. The van der Waals surface area contributed by atoms with Crippen molar-refractivity contribution in [2.45, 2.75) is 6.92 Å². The molecule has 4 nitrogen and oxygen atoms in total. The highest BCUT2D eigenvalue weighted by Crippen LogP contribution is 2.07. The van der Waals surface area contributed by atoms with E-state index in [4.69, 9.17) is 12.2 Å². The van der Waals surface area contributed by atoms with Crippen molar-refractivity contribution in [3.8, 4) is 0 Å². The molecule has 0 aliphatic heterocycles. The number of benzene rings is 1. The Morgan fingerprint density at radius 3 is 2.50 bits per heavy atom. The van der Waals surface area contributed by atoms with Crippen LogP contribution in [0.25, 0.3) is 0 Å². The first-order chi connectivity index (χ1) is 7.61. The van der Waals surface area contributed by atoms with Crippen LogP contribution in [0, 0.1) is 6.92 Å². The third-order valence-corrected chi connectivity index (χ3v) is 2.24. The van der Waals surface area contributed by atoms with Gasteiger partial charge in [-0.3, -0.25) is 4.79 Å². The Morgan fingerprint density at radius 2 is 1.94 bits per heavy atom. The molecule has 0 bridgehead atoms. The summed E-state index contributed by atoms with van der Waals surface area (Å²) in [6.45, 7) is 2.19. The molecule has 1 aromatic rings. The van der Waals surface area contributed by atoms with E-state index >= 15 is 0 Å². The van der Waals surface area contributed by atoms with E-state index in [0.29, 0.717) is 5.11 Å². The fourth-order valence-corrected chi connectivity index (χ4v) is 1.25. The molecule has 0 aliphatic rings. The van der Waals surface area contributed by atoms with Gasteiger partial charge in [-0.15, -0.1) is 0 Å². The molecule has 5 heteroatoms. The number of thiocarbonyl (C=S) groups is 1. The predicted octanol–water partition coefficient (Wildman–Crippen LogP) is 1.03. The van der Waals surface area contributed by atoms with Crippen LogP contribution in [0.5, 0.6) is 0 Å². The summed E-state index contributed by atoms with van der Waals surface area (Å²) in [5, 5.41) is 8.73. The summed E-state index contributed by atoms with van der Waals surface area (Å²) in [5.41, 5.74) is 2.09. The first-order valence-corrected chi connectivity index (χ1v) is 5.34. The van der Waals surface area contributed by atoms with Crippen LogP contribution in [-0.4, -0.2) is 24.6 Å². The minimum absolute atomic E-state index is 0.104. The van der Waals surface area contributed by atoms with E-state index in [1.54, 1.807) is 7.05 Å². The van der Waals surface area contributed by atoms with Gasteiger partial charge in [0.2, 0.25) is 5.91 Å². The van der Waals surface area contributed by atoms with E-state index in [1.165, 1.54) is 5.56 Å². The zero-order valence-corrected chi connectivity index (χ0v) is 10.1. The van der Waals surface area contributed by atoms with Gasteiger partial charge in [0.25, 0.3) is 0 Å². The minimum atomic E-state index is -0.104. The molecular weight excluding hydrogens is 222 g/mol. The molecule has 0 saturated carbocycles. The Labute approximate surface area is 100 Å². The van der Waals surface area contributed by atoms with Crippen molar-refractivity contribution in [2.24, 2.45) is 0 Å². The van der Waals surface area contributed by atoms with Crippen molar-refractivity contribution in [1.82, 2.24) is 10.6 Å². The van der Waals surface area contributed by atoms with Crippen molar-refractivity contribution >= 4 is 28.9 Å². The summed E-state index contributed by atoms with van der Waals surface area (Å²) in [7, 11) is 1.58. The topological polar surface area (TPSA) is 53.2 Å². The van der Waals surface area contributed by atoms with E-state index in [2.05, 4.69) is 16.0 Å². The smallest absolute Gasteiger partial charge is 0.239 e. The van der Waals surface area contributed by atoms with Crippen LogP contribution in [0.3, 0.4) is 0 Å². The second-order valence-electron chi connectivity index (χ2n) is 3.35. The highest BCUT2D eigenvalue weighted by atomic mass is 32.1. The zero-order valence-electron chi connectivity index (χ0n) is 9.33. The first kappa shape index (κ1) is 12.4. The van der Waals surface area contributed by atoms with Gasteiger partial charge < -0.3 is 16.0 Å². The van der Waals surface area contributed by atoms with Crippen LogP contribution in [-0.2, 0) is 4.79 Å². The lowest BCUT2D eigenvalue weighted by molar-refractivity contribution is -0.119. The molecule has 1 amide bonds. The Hall–Kier alpha value is -1.62. The maximum Gasteiger partial charge on any atom is 0.239 e. The molecule has 16 heavy (non-hydrogen) atoms. The van der Waals surface area contributed by atoms with Crippen molar-refractivity contribution in [3.05, 3.63) is 29.8 Å².